The fourth-order valence-corrected chi connectivity index (χ4v) is 3.10. The van der Waals surface area contributed by atoms with Crippen molar-refractivity contribution in [1.82, 2.24) is 14.5 Å². The zero-order valence-electron chi connectivity index (χ0n) is 12.5. The molecular formula is C16H24N4. The average molecular weight is 272 g/mol. The molecule has 0 atom stereocenters. The minimum absolute atomic E-state index is 0.618. The normalized spacial score (nSPS) is 16.5. The van der Waals surface area contributed by atoms with Gasteiger partial charge in [0.25, 0.3) is 0 Å². The number of nitrogens with zero attached hydrogens (tertiary/aromatic N) is 3. The third-order valence-electron chi connectivity index (χ3n) is 4.30. The average Bonchev–Trinajstić information content (AvgIpc) is 3.06. The molecule has 1 aliphatic carbocycles. The summed E-state index contributed by atoms with van der Waals surface area (Å²) >= 11 is 0. The van der Waals surface area contributed by atoms with Crippen molar-refractivity contribution >= 4 is 0 Å². The third-order valence-corrected chi connectivity index (χ3v) is 4.30. The number of aromatic nitrogens is 3. The van der Waals surface area contributed by atoms with Crippen molar-refractivity contribution in [2.24, 2.45) is 0 Å². The van der Waals surface area contributed by atoms with Gasteiger partial charge < -0.3 is 5.43 Å². The Morgan fingerprint density at radius 3 is 2.50 bits per heavy atom. The summed E-state index contributed by atoms with van der Waals surface area (Å²) in [6.45, 7) is 5.00. The summed E-state index contributed by atoms with van der Waals surface area (Å²) in [7, 11) is 0. The second-order valence-corrected chi connectivity index (χ2v) is 5.87. The van der Waals surface area contributed by atoms with E-state index < -0.39 is 0 Å². The summed E-state index contributed by atoms with van der Waals surface area (Å²) < 4.78 is 4.30. The first-order valence-corrected chi connectivity index (χ1v) is 7.67. The van der Waals surface area contributed by atoms with Gasteiger partial charge in [0.15, 0.2) is 0 Å². The topological polar surface area (TPSA) is 34.8 Å². The Morgan fingerprint density at radius 2 is 1.80 bits per heavy atom. The zero-order valence-corrected chi connectivity index (χ0v) is 12.5. The van der Waals surface area contributed by atoms with Crippen LogP contribution in [0.3, 0.4) is 0 Å². The SMILES string of the molecule is Cc1ccc(C)n1NCc1ccn(C2CCCCC2)n1. The van der Waals surface area contributed by atoms with Crippen molar-refractivity contribution in [3.05, 3.63) is 41.5 Å². The molecule has 1 N–H and O–H groups in total. The molecule has 0 unspecified atom stereocenters. The molecule has 2 aromatic rings. The van der Waals surface area contributed by atoms with E-state index in [1.807, 2.05) is 0 Å². The van der Waals surface area contributed by atoms with Gasteiger partial charge >= 0.3 is 0 Å². The lowest BCUT2D eigenvalue weighted by molar-refractivity contribution is 0.328. The van der Waals surface area contributed by atoms with Crippen molar-refractivity contribution in [1.29, 1.82) is 0 Å². The van der Waals surface area contributed by atoms with Crippen molar-refractivity contribution in [3.63, 3.8) is 0 Å². The van der Waals surface area contributed by atoms with E-state index in [9.17, 15) is 0 Å². The van der Waals surface area contributed by atoms with Crippen LogP contribution >= 0.6 is 0 Å². The first kappa shape index (κ1) is 13.3. The van der Waals surface area contributed by atoms with Gasteiger partial charge in [-0.05, 0) is 44.9 Å². The number of hydrogen-bond donors (Lipinski definition) is 1. The van der Waals surface area contributed by atoms with E-state index in [4.69, 9.17) is 5.10 Å². The van der Waals surface area contributed by atoms with Crippen LogP contribution < -0.4 is 5.43 Å². The summed E-state index contributed by atoms with van der Waals surface area (Å²) in [6.07, 6.45) is 8.79. The molecule has 20 heavy (non-hydrogen) atoms. The van der Waals surface area contributed by atoms with Gasteiger partial charge in [-0.25, -0.2) is 0 Å². The summed E-state index contributed by atoms with van der Waals surface area (Å²) in [5.74, 6) is 0. The lowest BCUT2D eigenvalue weighted by Gasteiger charge is -2.21. The Balaban J connectivity index is 1.62. The summed E-state index contributed by atoms with van der Waals surface area (Å²) in [5, 5.41) is 4.73. The van der Waals surface area contributed by atoms with Crippen LogP contribution in [0.25, 0.3) is 0 Å². The Hall–Kier alpha value is -1.71. The van der Waals surface area contributed by atoms with Crippen LogP contribution in [0.4, 0.5) is 0 Å². The molecule has 108 valence electrons. The molecule has 4 nitrogen and oxygen atoms in total. The van der Waals surface area contributed by atoms with E-state index in [1.165, 1.54) is 43.5 Å². The molecule has 0 amide bonds. The second kappa shape index (κ2) is 5.73. The van der Waals surface area contributed by atoms with Gasteiger partial charge in [-0.3, -0.25) is 9.36 Å². The highest BCUT2D eigenvalue weighted by atomic mass is 15.4. The van der Waals surface area contributed by atoms with Gasteiger partial charge in [0.2, 0.25) is 0 Å². The van der Waals surface area contributed by atoms with Crippen LogP contribution in [0.2, 0.25) is 0 Å². The van der Waals surface area contributed by atoms with Crippen LogP contribution in [0, 0.1) is 13.8 Å². The molecule has 1 saturated carbocycles. The number of rotatable bonds is 4. The van der Waals surface area contributed by atoms with Crippen LogP contribution in [0.15, 0.2) is 24.4 Å². The fraction of sp³-hybridized carbons (Fsp3) is 0.562. The largest absolute Gasteiger partial charge is 0.320 e. The van der Waals surface area contributed by atoms with Crippen LogP contribution in [0.5, 0.6) is 0 Å². The Morgan fingerprint density at radius 1 is 1.10 bits per heavy atom. The molecule has 0 spiro atoms. The predicted molar refractivity (Wildman–Crippen MR) is 81.3 cm³/mol. The van der Waals surface area contributed by atoms with Crippen molar-refractivity contribution < 1.29 is 0 Å². The van der Waals surface area contributed by atoms with Crippen molar-refractivity contribution in [2.75, 3.05) is 5.43 Å². The first-order chi connectivity index (χ1) is 9.74. The third kappa shape index (κ3) is 2.74. The zero-order chi connectivity index (χ0) is 13.9. The first-order valence-electron chi connectivity index (χ1n) is 7.67. The molecule has 0 saturated heterocycles. The van der Waals surface area contributed by atoms with E-state index in [0.29, 0.717) is 6.04 Å². The molecule has 2 heterocycles. The highest BCUT2D eigenvalue weighted by Crippen LogP contribution is 2.27. The molecule has 0 aliphatic heterocycles. The fourth-order valence-electron chi connectivity index (χ4n) is 3.10. The van der Waals surface area contributed by atoms with Crippen LogP contribution in [-0.4, -0.2) is 14.5 Å². The second-order valence-electron chi connectivity index (χ2n) is 5.87. The predicted octanol–water partition coefficient (Wildman–Crippen LogP) is 3.55. The monoisotopic (exact) mass is 272 g/mol. The van der Waals surface area contributed by atoms with E-state index in [2.05, 4.69) is 53.0 Å². The summed E-state index contributed by atoms with van der Waals surface area (Å²) in [4.78, 5) is 0. The molecule has 4 heteroatoms. The number of nitrogens with one attached hydrogen (secondary N) is 1. The summed E-state index contributed by atoms with van der Waals surface area (Å²) in [6, 6.07) is 7.01. The number of hydrogen-bond acceptors (Lipinski definition) is 2. The van der Waals surface area contributed by atoms with Gasteiger partial charge in [-0.1, -0.05) is 19.3 Å². The van der Waals surface area contributed by atoms with Crippen LogP contribution in [-0.2, 0) is 6.54 Å². The minimum atomic E-state index is 0.618. The molecule has 0 aromatic carbocycles. The van der Waals surface area contributed by atoms with Gasteiger partial charge in [0.1, 0.15) is 0 Å². The van der Waals surface area contributed by atoms with E-state index >= 15 is 0 Å². The highest BCUT2D eigenvalue weighted by Gasteiger charge is 2.15. The van der Waals surface area contributed by atoms with E-state index in [-0.39, 0.29) is 0 Å². The van der Waals surface area contributed by atoms with Gasteiger partial charge in [-0.15, -0.1) is 0 Å². The Bertz CT molecular complexity index is 541. The van der Waals surface area contributed by atoms with Gasteiger partial charge in [-0.2, -0.15) is 5.10 Å². The maximum absolute atomic E-state index is 4.73. The Kier molecular flexibility index (Phi) is 3.81. The van der Waals surface area contributed by atoms with Crippen molar-refractivity contribution in [2.45, 2.75) is 58.5 Å². The molecule has 1 fully saturated rings. The van der Waals surface area contributed by atoms with E-state index in [1.54, 1.807) is 0 Å². The molecule has 0 radical (unpaired) electrons. The van der Waals surface area contributed by atoms with Gasteiger partial charge in [0, 0.05) is 17.6 Å². The van der Waals surface area contributed by atoms with E-state index in [0.717, 1.165) is 12.2 Å². The van der Waals surface area contributed by atoms with Crippen molar-refractivity contribution in [3.8, 4) is 0 Å². The minimum Gasteiger partial charge on any atom is -0.320 e. The smallest absolute Gasteiger partial charge is 0.0831 e. The summed E-state index contributed by atoms with van der Waals surface area (Å²) in [5.41, 5.74) is 7.01. The number of aryl methyl sites for hydroxylation is 2. The lowest BCUT2D eigenvalue weighted by atomic mass is 9.96. The molecular weight excluding hydrogens is 248 g/mol. The maximum Gasteiger partial charge on any atom is 0.0831 e. The quantitative estimate of drug-likeness (QED) is 0.923. The molecule has 0 bridgehead atoms. The lowest BCUT2D eigenvalue weighted by Crippen LogP contribution is -2.18. The standard InChI is InChI=1S/C16H24N4/c1-13-8-9-14(2)20(13)17-12-15-10-11-19(18-15)16-6-4-3-5-7-16/h8-11,16-17H,3-7,12H2,1-2H3. The van der Waals surface area contributed by atoms with Gasteiger partial charge in [0.05, 0.1) is 18.3 Å². The molecule has 1 aliphatic rings. The maximum atomic E-state index is 4.73. The highest BCUT2D eigenvalue weighted by molar-refractivity contribution is 5.16. The molecule has 2 aromatic heterocycles. The Labute approximate surface area is 120 Å². The van der Waals surface area contributed by atoms with Crippen LogP contribution in [0.1, 0.15) is 55.2 Å². The molecule has 3 rings (SSSR count).